The van der Waals surface area contributed by atoms with Crippen molar-refractivity contribution in [2.24, 2.45) is 0 Å². The minimum atomic E-state index is -0.388. The number of hydrogen-bond donors (Lipinski definition) is 1. The number of carbonyl (C=O) groups is 1. The number of methoxy groups -OCH3 is 1. The predicted molar refractivity (Wildman–Crippen MR) is 69.6 cm³/mol. The molecule has 5 nitrogen and oxygen atoms in total. The summed E-state index contributed by atoms with van der Waals surface area (Å²) in [7, 11) is 3.39. The minimum absolute atomic E-state index is 0.0308. The Hall–Kier alpha value is -1.33. The van der Waals surface area contributed by atoms with Crippen molar-refractivity contribution >= 4 is 5.91 Å². The van der Waals surface area contributed by atoms with E-state index < -0.39 is 0 Å². The summed E-state index contributed by atoms with van der Waals surface area (Å²) in [5.74, 6) is -0.0308. The van der Waals surface area contributed by atoms with Gasteiger partial charge in [0.25, 0.3) is 5.91 Å². The molecular formula is C13H22N2O3. The normalized spacial score (nSPS) is 12.4. The Balaban J connectivity index is 2.62. The molecule has 102 valence electrons. The first-order valence-corrected chi connectivity index (χ1v) is 6.14. The van der Waals surface area contributed by atoms with E-state index in [1.54, 1.807) is 32.0 Å². The minimum Gasteiger partial charge on any atom is -0.393 e. The number of ether oxygens (including phenoxy) is 1. The van der Waals surface area contributed by atoms with Gasteiger partial charge in [-0.3, -0.25) is 4.79 Å². The molecule has 0 aliphatic rings. The molecule has 0 radical (unpaired) electrons. The Labute approximate surface area is 108 Å². The highest BCUT2D eigenvalue weighted by molar-refractivity contribution is 5.92. The van der Waals surface area contributed by atoms with Gasteiger partial charge in [0.1, 0.15) is 5.69 Å². The third-order valence-corrected chi connectivity index (χ3v) is 2.81. The lowest BCUT2D eigenvalue weighted by Crippen LogP contribution is -2.31. The molecule has 1 heterocycles. The van der Waals surface area contributed by atoms with E-state index in [4.69, 9.17) is 4.74 Å². The first-order chi connectivity index (χ1) is 8.56. The van der Waals surface area contributed by atoms with Gasteiger partial charge in [-0.2, -0.15) is 0 Å². The summed E-state index contributed by atoms with van der Waals surface area (Å²) in [5.41, 5.74) is 0.653. The Morgan fingerprint density at radius 1 is 1.61 bits per heavy atom. The highest BCUT2D eigenvalue weighted by Crippen LogP contribution is 2.07. The van der Waals surface area contributed by atoms with Gasteiger partial charge in [-0.05, 0) is 25.5 Å². The van der Waals surface area contributed by atoms with E-state index in [2.05, 4.69) is 0 Å². The van der Waals surface area contributed by atoms with Gasteiger partial charge in [0.05, 0.1) is 12.7 Å². The van der Waals surface area contributed by atoms with Crippen LogP contribution in [0.25, 0.3) is 0 Å². The Morgan fingerprint density at radius 3 is 2.94 bits per heavy atom. The molecular weight excluding hydrogens is 232 g/mol. The van der Waals surface area contributed by atoms with Crippen molar-refractivity contribution in [3.8, 4) is 0 Å². The number of hydrogen-bond acceptors (Lipinski definition) is 3. The van der Waals surface area contributed by atoms with Crippen LogP contribution >= 0.6 is 0 Å². The van der Waals surface area contributed by atoms with Gasteiger partial charge in [-0.25, -0.2) is 0 Å². The van der Waals surface area contributed by atoms with E-state index in [1.807, 2.05) is 16.8 Å². The van der Waals surface area contributed by atoms with E-state index in [-0.39, 0.29) is 12.0 Å². The number of carbonyl (C=O) groups excluding carboxylic acids is 1. The topological polar surface area (TPSA) is 54.7 Å². The molecule has 1 amide bonds. The van der Waals surface area contributed by atoms with Gasteiger partial charge >= 0.3 is 0 Å². The van der Waals surface area contributed by atoms with Gasteiger partial charge in [-0.1, -0.05) is 0 Å². The van der Waals surface area contributed by atoms with Gasteiger partial charge in [0.2, 0.25) is 0 Å². The fourth-order valence-electron chi connectivity index (χ4n) is 1.67. The molecule has 0 aliphatic carbocycles. The number of aromatic nitrogens is 1. The molecule has 0 spiro atoms. The highest BCUT2D eigenvalue weighted by Gasteiger charge is 2.15. The van der Waals surface area contributed by atoms with Crippen LogP contribution in [0, 0.1) is 0 Å². The first-order valence-electron chi connectivity index (χ1n) is 6.14. The summed E-state index contributed by atoms with van der Waals surface area (Å²) in [6.07, 6.45) is 2.07. The van der Waals surface area contributed by atoms with Crippen LogP contribution in [0.15, 0.2) is 18.3 Å². The van der Waals surface area contributed by atoms with Gasteiger partial charge in [0, 0.05) is 33.4 Å². The number of aliphatic hydroxyl groups is 1. The Bertz CT molecular complexity index is 374. The second-order valence-corrected chi connectivity index (χ2v) is 4.44. The average Bonchev–Trinajstić information content (AvgIpc) is 2.80. The molecule has 1 rings (SSSR count). The van der Waals surface area contributed by atoms with Crippen LogP contribution in [0.2, 0.25) is 0 Å². The molecule has 0 saturated carbocycles. The highest BCUT2D eigenvalue weighted by atomic mass is 16.5. The van der Waals surface area contributed by atoms with E-state index in [0.717, 1.165) is 0 Å². The van der Waals surface area contributed by atoms with Crippen molar-refractivity contribution in [1.29, 1.82) is 0 Å². The summed E-state index contributed by atoms with van der Waals surface area (Å²) in [5, 5.41) is 9.22. The average molecular weight is 254 g/mol. The van der Waals surface area contributed by atoms with Gasteiger partial charge < -0.3 is 19.3 Å². The summed E-state index contributed by atoms with van der Waals surface area (Å²) >= 11 is 0. The lowest BCUT2D eigenvalue weighted by atomic mass is 10.2. The van der Waals surface area contributed by atoms with Crippen LogP contribution in [0.4, 0.5) is 0 Å². The van der Waals surface area contributed by atoms with Crippen LogP contribution in [0.1, 0.15) is 23.8 Å². The smallest absolute Gasteiger partial charge is 0.270 e. The summed E-state index contributed by atoms with van der Waals surface area (Å²) in [6, 6.07) is 3.66. The third kappa shape index (κ3) is 4.16. The van der Waals surface area contributed by atoms with E-state index in [9.17, 15) is 9.90 Å². The maximum Gasteiger partial charge on any atom is 0.270 e. The van der Waals surface area contributed by atoms with Crippen LogP contribution in [0.5, 0.6) is 0 Å². The Kier molecular flexibility index (Phi) is 5.88. The molecule has 0 saturated heterocycles. The molecule has 1 aromatic heterocycles. The number of amides is 1. The molecule has 0 aliphatic heterocycles. The van der Waals surface area contributed by atoms with Gasteiger partial charge in [0.15, 0.2) is 0 Å². The fourth-order valence-corrected chi connectivity index (χ4v) is 1.67. The molecule has 0 fully saturated rings. The van der Waals surface area contributed by atoms with Crippen molar-refractivity contribution in [2.45, 2.75) is 26.0 Å². The molecule has 1 aromatic rings. The van der Waals surface area contributed by atoms with Crippen molar-refractivity contribution in [2.75, 3.05) is 27.3 Å². The summed E-state index contributed by atoms with van der Waals surface area (Å²) in [4.78, 5) is 13.8. The van der Waals surface area contributed by atoms with Crippen LogP contribution < -0.4 is 0 Å². The third-order valence-electron chi connectivity index (χ3n) is 2.81. The lowest BCUT2D eigenvalue weighted by molar-refractivity contribution is 0.0756. The number of rotatable bonds is 7. The largest absolute Gasteiger partial charge is 0.393 e. The molecule has 5 heteroatoms. The monoisotopic (exact) mass is 254 g/mol. The zero-order valence-corrected chi connectivity index (χ0v) is 11.3. The molecule has 0 aromatic carbocycles. The van der Waals surface area contributed by atoms with E-state index in [1.165, 1.54) is 0 Å². The Morgan fingerprint density at radius 2 is 2.33 bits per heavy atom. The second kappa shape index (κ2) is 7.18. The van der Waals surface area contributed by atoms with Crippen molar-refractivity contribution < 1.29 is 14.6 Å². The maximum atomic E-state index is 12.2. The predicted octanol–water partition coefficient (Wildman–Crippen LogP) is 0.977. The maximum absolute atomic E-state index is 12.2. The number of nitrogens with zero attached hydrogens (tertiary/aromatic N) is 2. The van der Waals surface area contributed by atoms with Crippen LogP contribution in [-0.4, -0.2) is 53.9 Å². The zero-order valence-electron chi connectivity index (χ0n) is 11.3. The fraction of sp³-hybridized carbons (Fsp3) is 0.615. The van der Waals surface area contributed by atoms with Crippen molar-refractivity contribution in [3.05, 3.63) is 24.0 Å². The van der Waals surface area contributed by atoms with Crippen molar-refractivity contribution in [1.82, 2.24) is 9.47 Å². The van der Waals surface area contributed by atoms with Gasteiger partial charge in [-0.15, -0.1) is 0 Å². The zero-order chi connectivity index (χ0) is 13.5. The van der Waals surface area contributed by atoms with Crippen LogP contribution in [-0.2, 0) is 11.3 Å². The molecule has 18 heavy (non-hydrogen) atoms. The van der Waals surface area contributed by atoms with E-state index in [0.29, 0.717) is 31.8 Å². The molecule has 1 atom stereocenters. The molecule has 1 unspecified atom stereocenters. The first kappa shape index (κ1) is 14.7. The van der Waals surface area contributed by atoms with Crippen molar-refractivity contribution in [3.63, 3.8) is 0 Å². The number of aliphatic hydroxyl groups excluding tert-OH is 1. The second-order valence-electron chi connectivity index (χ2n) is 4.44. The standard InChI is InChI=1S/C13H22N2O3/c1-11(16)6-8-14(2)13(17)12-5-4-7-15(12)9-10-18-3/h4-5,7,11,16H,6,8-10H2,1-3H3. The summed E-state index contributed by atoms with van der Waals surface area (Å²) in [6.45, 7) is 3.51. The molecule has 0 bridgehead atoms. The van der Waals surface area contributed by atoms with E-state index >= 15 is 0 Å². The molecule has 1 N–H and O–H groups in total. The SMILES string of the molecule is COCCn1cccc1C(=O)N(C)CCC(C)O. The lowest BCUT2D eigenvalue weighted by Gasteiger charge is -2.19. The quantitative estimate of drug-likeness (QED) is 0.789. The van der Waals surface area contributed by atoms with Crippen LogP contribution in [0.3, 0.4) is 0 Å². The summed E-state index contributed by atoms with van der Waals surface area (Å²) < 4.78 is 6.89.